The Hall–Kier alpha value is -3.39. The van der Waals surface area contributed by atoms with Crippen molar-refractivity contribution in [2.45, 2.75) is 32.0 Å². The lowest BCUT2D eigenvalue weighted by molar-refractivity contribution is 0.450. The van der Waals surface area contributed by atoms with Gasteiger partial charge in [-0.2, -0.15) is 10.2 Å². The molecular weight excluding hydrogens is 371 g/mol. The Morgan fingerprint density at radius 2 is 2.07 bits per heavy atom. The summed E-state index contributed by atoms with van der Waals surface area (Å²) in [4.78, 5) is 17.0. The lowest BCUT2D eigenvalue weighted by atomic mass is 9.88. The van der Waals surface area contributed by atoms with Crippen molar-refractivity contribution >= 4 is 10.8 Å². The summed E-state index contributed by atoms with van der Waals surface area (Å²) >= 11 is 0. The van der Waals surface area contributed by atoms with Crippen LogP contribution in [0.1, 0.15) is 41.5 Å². The van der Waals surface area contributed by atoms with Crippen molar-refractivity contribution in [3.05, 3.63) is 87.6 Å². The van der Waals surface area contributed by atoms with Crippen molar-refractivity contribution in [1.29, 1.82) is 0 Å². The minimum atomic E-state index is -0.441. The maximum Gasteiger partial charge on any atom is 0.272 e. The summed E-state index contributed by atoms with van der Waals surface area (Å²) in [6, 6.07) is 12.6. The second kappa shape index (κ2) is 6.89. The van der Waals surface area contributed by atoms with Crippen LogP contribution in [0.3, 0.4) is 0 Å². The summed E-state index contributed by atoms with van der Waals surface area (Å²) < 4.78 is 16.1. The molecule has 146 valence electrons. The zero-order chi connectivity index (χ0) is 20.0. The molecule has 0 fully saturated rings. The Kier molecular flexibility index (Phi) is 4.21. The number of hydrogen-bond donors (Lipinski definition) is 2. The van der Waals surface area contributed by atoms with E-state index < -0.39 is 11.4 Å². The van der Waals surface area contributed by atoms with Crippen LogP contribution in [-0.2, 0) is 13.1 Å². The molecule has 0 radical (unpaired) electrons. The van der Waals surface area contributed by atoms with Gasteiger partial charge in [0.25, 0.3) is 5.56 Å². The van der Waals surface area contributed by atoms with Gasteiger partial charge in [-0.25, -0.2) is 19.2 Å². The number of hydrogen-bond acceptors (Lipinski definition) is 5. The zero-order valence-corrected chi connectivity index (χ0v) is 15.8. The predicted molar refractivity (Wildman–Crippen MR) is 106 cm³/mol. The highest BCUT2D eigenvalue weighted by atomic mass is 19.1. The third kappa shape index (κ3) is 2.84. The van der Waals surface area contributed by atoms with Crippen LogP contribution in [0.25, 0.3) is 10.8 Å². The van der Waals surface area contributed by atoms with Gasteiger partial charge in [0.15, 0.2) is 0 Å². The number of nitrogens with zero attached hydrogens (tertiary/aromatic N) is 4. The normalized spacial score (nSPS) is 18.7. The predicted octanol–water partition coefficient (Wildman–Crippen LogP) is 2.65. The highest BCUT2D eigenvalue weighted by molar-refractivity contribution is 5.88. The minimum absolute atomic E-state index is 0.178. The second-order valence-electron chi connectivity index (χ2n) is 7.11. The van der Waals surface area contributed by atoms with Crippen LogP contribution in [-0.4, -0.2) is 25.0 Å². The van der Waals surface area contributed by atoms with E-state index in [1.807, 2.05) is 41.9 Å². The molecule has 2 atom stereocenters. The first-order valence-electron chi connectivity index (χ1n) is 9.54. The van der Waals surface area contributed by atoms with E-state index in [1.54, 1.807) is 0 Å². The molecule has 29 heavy (non-hydrogen) atoms. The molecule has 0 saturated carbocycles. The molecule has 1 aliphatic heterocycles. The Labute approximate surface area is 165 Å². The van der Waals surface area contributed by atoms with Gasteiger partial charge in [0, 0.05) is 24.5 Å². The zero-order valence-electron chi connectivity index (χ0n) is 15.8. The van der Waals surface area contributed by atoms with Gasteiger partial charge in [-0.15, -0.1) is 0 Å². The van der Waals surface area contributed by atoms with Crippen LogP contribution in [0.4, 0.5) is 4.39 Å². The molecule has 2 N–H and O–H groups in total. The molecule has 1 aliphatic rings. The van der Waals surface area contributed by atoms with E-state index >= 15 is 0 Å². The van der Waals surface area contributed by atoms with Gasteiger partial charge in [0.2, 0.25) is 0 Å². The number of halogens is 1. The van der Waals surface area contributed by atoms with Gasteiger partial charge in [0.05, 0.1) is 17.0 Å². The molecule has 0 saturated heterocycles. The molecular formula is C21H19FN6O. The molecule has 7 nitrogen and oxygen atoms in total. The smallest absolute Gasteiger partial charge is 0.272 e. The fourth-order valence-corrected chi connectivity index (χ4v) is 4.23. The van der Waals surface area contributed by atoms with Crippen LogP contribution >= 0.6 is 0 Å². The van der Waals surface area contributed by atoms with Gasteiger partial charge < -0.3 is 5.32 Å². The molecule has 2 unspecified atom stereocenters. The molecule has 2 aromatic heterocycles. The van der Waals surface area contributed by atoms with Crippen molar-refractivity contribution in [3.8, 4) is 0 Å². The van der Waals surface area contributed by atoms with Crippen molar-refractivity contribution < 1.29 is 4.39 Å². The van der Waals surface area contributed by atoms with Crippen LogP contribution in [0.2, 0.25) is 0 Å². The van der Waals surface area contributed by atoms with E-state index in [0.29, 0.717) is 35.1 Å². The Morgan fingerprint density at radius 3 is 2.86 bits per heavy atom. The number of H-pyrrole nitrogens is 1. The highest BCUT2D eigenvalue weighted by Crippen LogP contribution is 2.40. The van der Waals surface area contributed by atoms with Gasteiger partial charge in [-0.05, 0) is 30.2 Å². The maximum atomic E-state index is 14.2. The highest BCUT2D eigenvalue weighted by Gasteiger charge is 2.36. The third-order valence-corrected chi connectivity index (χ3v) is 5.49. The van der Waals surface area contributed by atoms with Crippen molar-refractivity contribution in [1.82, 2.24) is 30.3 Å². The number of aromatic nitrogens is 5. The molecule has 2 aromatic carbocycles. The lowest BCUT2D eigenvalue weighted by Gasteiger charge is -2.26. The summed E-state index contributed by atoms with van der Waals surface area (Å²) in [7, 11) is 0. The first-order valence-corrected chi connectivity index (χ1v) is 9.54. The van der Waals surface area contributed by atoms with Gasteiger partial charge in [-0.1, -0.05) is 30.3 Å². The Balaban J connectivity index is 1.84. The molecule has 8 heteroatoms. The molecule has 4 aromatic rings. The van der Waals surface area contributed by atoms with Crippen LogP contribution in [0.5, 0.6) is 0 Å². The standard InChI is InChI=1S/C21H19FN6O/c1-2-28-20(24-11-25-28)17-18(12-6-4-3-5-7-12)23-10-13-8-14(22)9-15-16(13)19(17)26-27-21(15)29/h3-9,11,17-18,23H,2,10H2,1H3,(H,27,29). The number of aryl methyl sites for hydroxylation is 1. The first kappa shape index (κ1) is 17.7. The number of rotatable bonds is 3. The van der Waals surface area contributed by atoms with E-state index in [4.69, 9.17) is 0 Å². The summed E-state index contributed by atoms with van der Waals surface area (Å²) in [6.07, 6.45) is 1.53. The quantitative estimate of drug-likeness (QED) is 0.561. The Bertz CT molecular complexity index is 1250. The van der Waals surface area contributed by atoms with E-state index in [-0.39, 0.29) is 12.0 Å². The fraction of sp³-hybridized carbons (Fsp3) is 0.238. The van der Waals surface area contributed by atoms with Crippen LogP contribution < -0.4 is 10.9 Å². The summed E-state index contributed by atoms with van der Waals surface area (Å²) in [5.74, 6) is -0.0128. The first-order chi connectivity index (χ1) is 14.2. The Morgan fingerprint density at radius 1 is 1.24 bits per heavy atom. The molecule has 0 amide bonds. The van der Waals surface area contributed by atoms with Crippen molar-refractivity contribution in [2.75, 3.05) is 0 Å². The molecule has 0 bridgehead atoms. The van der Waals surface area contributed by atoms with Crippen molar-refractivity contribution in [3.63, 3.8) is 0 Å². The maximum absolute atomic E-state index is 14.2. The summed E-state index contributed by atoms with van der Waals surface area (Å²) in [6.45, 7) is 3.05. The second-order valence-corrected chi connectivity index (χ2v) is 7.11. The number of nitrogens with one attached hydrogen (secondary N) is 2. The topological polar surface area (TPSA) is 88.5 Å². The monoisotopic (exact) mass is 390 g/mol. The third-order valence-electron chi connectivity index (χ3n) is 5.49. The molecule has 5 rings (SSSR count). The molecule has 0 aliphatic carbocycles. The van der Waals surface area contributed by atoms with E-state index in [2.05, 4.69) is 25.6 Å². The molecule has 0 spiro atoms. The lowest BCUT2D eigenvalue weighted by Crippen LogP contribution is -2.28. The average molecular weight is 390 g/mol. The average Bonchev–Trinajstić information content (AvgIpc) is 3.14. The van der Waals surface area contributed by atoms with Gasteiger partial charge >= 0.3 is 0 Å². The number of aromatic amines is 1. The molecule has 3 heterocycles. The summed E-state index contributed by atoms with van der Waals surface area (Å²) in [5, 5.41) is 15.8. The van der Waals surface area contributed by atoms with Crippen LogP contribution in [0.15, 0.2) is 53.6 Å². The van der Waals surface area contributed by atoms with Gasteiger partial charge in [-0.3, -0.25) is 4.79 Å². The van der Waals surface area contributed by atoms with Crippen LogP contribution in [0, 0.1) is 5.82 Å². The largest absolute Gasteiger partial charge is 0.305 e. The van der Waals surface area contributed by atoms with E-state index in [9.17, 15) is 9.18 Å². The fourth-order valence-electron chi connectivity index (χ4n) is 4.23. The SMILES string of the molecule is CCn1ncnc1C1c2n[nH]c(=O)c3cc(F)cc(c23)CNC1c1ccccc1. The summed E-state index contributed by atoms with van der Waals surface area (Å²) in [5.41, 5.74) is 2.02. The van der Waals surface area contributed by atoms with Gasteiger partial charge in [0.1, 0.15) is 18.0 Å². The minimum Gasteiger partial charge on any atom is -0.305 e. The van der Waals surface area contributed by atoms with E-state index in [1.165, 1.54) is 18.5 Å². The number of benzene rings is 2. The van der Waals surface area contributed by atoms with Crippen molar-refractivity contribution in [2.24, 2.45) is 0 Å². The van der Waals surface area contributed by atoms with E-state index in [0.717, 1.165) is 11.4 Å².